The minimum absolute atomic E-state index is 0.0618. The number of nitriles is 1. The number of amides is 1. The average Bonchev–Trinajstić information content (AvgIpc) is 2.74. The van der Waals surface area contributed by atoms with E-state index in [1.54, 1.807) is 36.4 Å². The molecule has 30 heavy (non-hydrogen) atoms. The number of benzene rings is 3. The summed E-state index contributed by atoms with van der Waals surface area (Å²) in [6.07, 6.45) is 1.50. The predicted octanol–water partition coefficient (Wildman–Crippen LogP) is 6.54. The number of para-hydroxylation sites is 1. The number of carbonyl (C=O) groups excluding carboxylic acids is 1. The van der Waals surface area contributed by atoms with Crippen molar-refractivity contribution in [1.29, 1.82) is 5.26 Å². The molecule has 0 bridgehead atoms. The third-order valence-corrected chi connectivity index (χ3v) is 5.10. The zero-order valence-corrected chi connectivity index (χ0v) is 18.5. The van der Waals surface area contributed by atoms with Gasteiger partial charge in [-0.1, -0.05) is 69.5 Å². The van der Waals surface area contributed by atoms with E-state index in [1.165, 1.54) is 11.6 Å². The van der Waals surface area contributed by atoms with E-state index in [2.05, 4.69) is 21.2 Å². The van der Waals surface area contributed by atoms with Crippen LogP contribution in [0.5, 0.6) is 5.75 Å². The maximum Gasteiger partial charge on any atom is 0.266 e. The summed E-state index contributed by atoms with van der Waals surface area (Å²) in [7, 11) is 0. The fraction of sp³-hybridized carbons (Fsp3) is 0.0833. The zero-order chi connectivity index (χ0) is 21.5. The minimum atomic E-state index is -0.546. The number of rotatable bonds is 6. The SMILES string of the molecule is Cc1ccc(COc2ccc(Br)cc2/C=C(\C#N)C(=O)Nc2ccccc2Cl)cc1. The Bertz CT molecular complexity index is 1130. The smallest absolute Gasteiger partial charge is 0.266 e. The maximum absolute atomic E-state index is 12.6. The molecule has 6 heteroatoms. The lowest BCUT2D eigenvalue weighted by Gasteiger charge is -2.11. The first-order valence-electron chi connectivity index (χ1n) is 9.12. The first-order valence-corrected chi connectivity index (χ1v) is 10.3. The highest BCUT2D eigenvalue weighted by atomic mass is 79.9. The van der Waals surface area contributed by atoms with E-state index in [-0.39, 0.29) is 5.57 Å². The van der Waals surface area contributed by atoms with E-state index in [0.29, 0.717) is 28.6 Å². The van der Waals surface area contributed by atoms with Crippen LogP contribution in [0, 0.1) is 18.3 Å². The lowest BCUT2D eigenvalue weighted by molar-refractivity contribution is -0.112. The van der Waals surface area contributed by atoms with Crippen molar-refractivity contribution in [2.24, 2.45) is 0 Å². The molecular weight excluding hydrogens is 464 g/mol. The van der Waals surface area contributed by atoms with Crippen molar-refractivity contribution in [2.45, 2.75) is 13.5 Å². The van der Waals surface area contributed by atoms with Gasteiger partial charge in [-0.2, -0.15) is 5.26 Å². The fourth-order valence-corrected chi connectivity index (χ4v) is 3.23. The van der Waals surface area contributed by atoms with Crippen molar-refractivity contribution < 1.29 is 9.53 Å². The maximum atomic E-state index is 12.6. The van der Waals surface area contributed by atoms with Gasteiger partial charge in [-0.25, -0.2) is 0 Å². The van der Waals surface area contributed by atoms with E-state index < -0.39 is 5.91 Å². The van der Waals surface area contributed by atoms with E-state index in [9.17, 15) is 10.1 Å². The monoisotopic (exact) mass is 480 g/mol. The number of carbonyl (C=O) groups is 1. The molecule has 0 spiro atoms. The number of ether oxygens (including phenoxy) is 1. The number of hydrogen-bond donors (Lipinski definition) is 1. The quantitative estimate of drug-likeness (QED) is 0.321. The van der Waals surface area contributed by atoms with Crippen LogP contribution < -0.4 is 10.1 Å². The third-order valence-electron chi connectivity index (χ3n) is 4.27. The molecule has 0 atom stereocenters. The number of aryl methyl sites for hydroxylation is 1. The van der Waals surface area contributed by atoms with Crippen LogP contribution in [0.15, 0.2) is 76.8 Å². The Morgan fingerprint density at radius 2 is 1.90 bits per heavy atom. The molecule has 0 heterocycles. The Labute approximate surface area is 188 Å². The minimum Gasteiger partial charge on any atom is -0.488 e. The van der Waals surface area contributed by atoms with Crippen LogP contribution in [-0.4, -0.2) is 5.91 Å². The van der Waals surface area contributed by atoms with E-state index >= 15 is 0 Å². The first kappa shape index (κ1) is 21.6. The molecule has 3 rings (SSSR count). The molecule has 3 aromatic carbocycles. The molecule has 0 radical (unpaired) electrons. The van der Waals surface area contributed by atoms with Gasteiger partial charge >= 0.3 is 0 Å². The molecule has 150 valence electrons. The van der Waals surface area contributed by atoms with Crippen LogP contribution in [0.4, 0.5) is 5.69 Å². The molecule has 1 amide bonds. The van der Waals surface area contributed by atoms with Gasteiger partial charge in [0.05, 0.1) is 10.7 Å². The van der Waals surface area contributed by atoms with Crippen molar-refractivity contribution in [3.63, 3.8) is 0 Å². The standard InChI is InChI=1S/C24H18BrClN2O2/c1-16-6-8-17(9-7-16)15-30-23-11-10-20(25)13-18(23)12-19(14-27)24(29)28-22-5-3-2-4-21(22)26/h2-13H,15H2,1H3,(H,28,29)/b19-12+. The average molecular weight is 482 g/mol. The lowest BCUT2D eigenvalue weighted by atomic mass is 10.1. The van der Waals surface area contributed by atoms with Crippen molar-refractivity contribution in [2.75, 3.05) is 5.32 Å². The second-order valence-corrected chi connectivity index (χ2v) is 7.88. The number of nitrogens with one attached hydrogen (secondary N) is 1. The third kappa shape index (κ3) is 5.73. The van der Waals surface area contributed by atoms with E-state index in [4.69, 9.17) is 16.3 Å². The van der Waals surface area contributed by atoms with Crippen molar-refractivity contribution in [3.8, 4) is 11.8 Å². The molecule has 0 saturated heterocycles. The highest BCUT2D eigenvalue weighted by molar-refractivity contribution is 9.10. The molecule has 0 saturated carbocycles. The van der Waals surface area contributed by atoms with Crippen molar-refractivity contribution in [1.82, 2.24) is 0 Å². The molecule has 1 N–H and O–H groups in total. The van der Waals surface area contributed by atoms with Crippen LogP contribution in [0.3, 0.4) is 0 Å². The Hall–Kier alpha value is -3.07. The van der Waals surface area contributed by atoms with Gasteiger partial charge < -0.3 is 10.1 Å². The van der Waals surface area contributed by atoms with Gasteiger partial charge in [0.1, 0.15) is 24.0 Å². The highest BCUT2D eigenvalue weighted by Crippen LogP contribution is 2.27. The second-order valence-electron chi connectivity index (χ2n) is 6.56. The highest BCUT2D eigenvalue weighted by Gasteiger charge is 2.13. The van der Waals surface area contributed by atoms with Gasteiger partial charge in [0.25, 0.3) is 5.91 Å². The molecule has 4 nitrogen and oxygen atoms in total. The van der Waals surface area contributed by atoms with Crippen LogP contribution in [-0.2, 0) is 11.4 Å². The van der Waals surface area contributed by atoms with Crippen LogP contribution in [0.2, 0.25) is 5.02 Å². The molecule has 0 aliphatic carbocycles. The Kier molecular flexibility index (Phi) is 7.29. The Morgan fingerprint density at radius 3 is 2.60 bits per heavy atom. The molecule has 0 aliphatic heterocycles. The van der Waals surface area contributed by atoms with Gasteiger partial charge in [-0.05, 0) is 48.9 Å². The summed E-state index contributed by atoms with van der Waals surface area (Å²) in [6.45, 7) is 2.40. The summed E-state index contributed by atoms with van der Waals surface area (Å²) in [5.74, 6) is 0.0205. The molecule has 0 aromatic heterocycles. The summed E-state index contributed by atoms with van der Waals surface area (Å²) in [6, 6.07) is 22.3. The lowest BCUT2D eigenvalue weighted by Crippen LogP contribution is -2.13. The number of anilines is 1. The summed E-state index contributed by atoms with van der Waals surface area (Å²) in [5.41, 5.74) is 3.19. The van der Waals surface area contributed by atoms with Gasteiger partial charge in [0.15, 0.2) is 0 Å². The summed E-state index contributed by atoms with van der Waals surface area (Å²) < 4.78 is 6.76. The summed E-state index contributed by atoms with van der Waals surface area (Å²) >= 11 is 9.52. The summed E-state index contributed by atoms with van der Waals surface area (Å²) in [4.78, 5) is 12.6. The van der Waals surface area contributed by atoms with E-state index in [0.717, 1.165) is 10.0 Å². The fourth-order valence-electron chi connectivity index (χ4n) is 2.67. The Morgan fingerprint density at radius 1 is 1.17 bits per heavy atom. The number of halogens is 2. The largest absolute Gasteiger partial charge is 0.488 e. The van der Waals surface area contributed by atoms with Gasteiger partial charge in [-0.3, -0.25) is 4.79 Å². The number of nitrogens with zero attached hydrogens (tertiary/aromatic N) is 1. The first-order chi connectivity index (χ1) is 14.5. The van der Waals surface area contributed by atoms with E-state index in [1.807, 2.05) is 43.3 Å². The van der Waals surface area contributed by atoms with Gasteiger partial charge in [0, 0.05) is 10.0 Å². The Balaban J connectivity index is 1.83. The van der Waals surface area contributed by atoms with Crippen molar-refractivity contribution >= 4 is 45.2 Å². The van der Waals surface area contributed by atoms with Crippen LogP contribution in [0.1, 0.15) is 16.7 Å². The van der Waals surface area contributed by atoms with Gasteiger partial charge in [-0.15, -0.1) is 0 Å². The van der Waals surface area contributed by atoms with Crippen molar-refractivity contribution in [3.05, 3.63) is 98.5 Å². The number of hydrogen-bond acceptors (Lipinski definition) is 3. The zero-order valence-electron chi connectivity index (χ0n) is 16.2. The molecule has 0 fully saturated rings. The normalized spacial score (nSPS) is 10.9. The summed E-state index contributed by atoms with van der Waals surface area (Å²) in [5, 5.41) is 12.6. The van der Waals surface area contributed by atoms with Crippen LogP contribution >= 0.6 is 27.5 Å². The molecule has 0 unspecified atom stereocenters. The van der Waals surface area contributed by atoms with Gasteiger partial charge in [0.2, 0.25) is 0 Å². The second kappa shape index (κ2) is 10.1. The molecular formula is C24H18BrClN2O2. The molecule has 0 aliphatic rings. The van der Waals surface area contributed by atoms with Crippen LogP contribution in [0.25, 0.3) is 6.08 Å². The topological polar surface area (TPSA) is 62.1 Å². The molecule has 3 aromatic rings. The predicted molar refractivity (Wildman–Crippen MR) is 123 cm³/mol.